The second-order valence-electron chi connectivity index (χ2n) is 4.36. The highest BCUT2D eigenvalue weighted by atomic mass is 16.5. The quantitative estimate of drug-likeness (QED) is 0.699. The number of aryl methyl sites for hydroxylation is 1. The van der Waals surface area contributed by atoms with Crippen molar-refractivity contribution in [2.24, 2.45) is 0 Å². The Bertz CT molecular complexity index is 406. The van der Waals surface area contributed by atoms with Crippen LogP contribution in [0.3, 0.4) is 0 Å². The first kappa shape index (κ1) is 15.1. The maximum absolute atomic E-state index is 11.9. The summed E-state index contributed by atoms with van der Waals surface area (Å²) in [6.45, 7) is 0.570. The molecule has 0 saturated heterocycles. The third-order valence-electron chi connectivity index (χ3n) is 2.88. The van der Waals surface area contributed by atoms with Gasteiger partial charge in [-0.15, -0.1) is 0 Å². The van der Waals surface area contributed by atoms with Crippen LogP contribution in [0.1, 0.15) is 24.8 Å². The van der Waals surface area contributed by atoms with E-state index >= 15 is 0 Å². The molecular formula is C14H20N2O3. The van der Waals surface area contributed by atoms with Crippen molar-refractivity contribution in [1.29, 1.82) is 0 Å². The summed E-state index contributed by atoms with van der Waals surface area (Å²) in [4.78, 5) is 28.5. The van der Waals surface area contributed by atoms with Gasteiger partial charge in [-0.25, -0.2) is 0 Å². The van der Waals surface area contributed by atoms with Gasteiger partial charge in [-0.05, 0) is 24.5 Å². The summed E-state index contributed by atoms with van der Waals surface area (Å²) in [5.41, 5.74) is 1.05. The zero-order valence-electron chi connectivity index (χ0n) is 11.5. The Morgan fingerprint density at radius 2 is 2.16 bits per heavy atom. The number of methoxy groups -OCH3 is 1. The predicted octanol–water partition coefficient (Wildman–Crippen LogP) is 1.43. The molecule has 0 spiro atoms. The minimum absolute atomic E-state index is 0.0775. The molecule has 0 unspecified atom stereocenters. The van der Waals surface area contributed by atoms with E-state index < -0.39 is 0 Å². The summed E-state index contributed by atoms with van der Waals surface area (Å²) in [6.07, 6.45) is 5.60. The van der Waals surface area contributed by atoms with Crippen LogP contribution in [0.2, 0.25) is 0 Å². The van der Waals surface area contributed by atoms with Gasteiger partial charge in [0, 0.05) is 38.8 Å². The SMILES string of the molecule is COC(=O)CCCN(C)C(=O)CCc1cccnc1. The van der Waals surface area contributed by atoms with E-state index in [0.717, 1.165) is 5.56 Å². The highest BCUT2D eigenvalue weighted by Gasteiger charge is 2.09. The molecule has 0 aliphatic carbocycles. The molecule has 5 nitrogen and oxygen atoms in total. The number of esters is 1. The summed E-state index contributed by atoms with van der Waals surface area (Å²) in [7, 11) is 3.12. The monoisotopic (exact) mass is 264 g/mol. The van der Waals surface area contributed by atoms with E-state index in [1.165, 1.54) is 7.11 Å². The number of amides is 1. The number of ether oxygens (including phenoxy) is 1. The molecule has 5 heteroatoms. The first-order chi connectivity index (χ1) is 9.13. The molecule has 0 N–H and O–H groups in total. The van der Waals surface area contributed by atoms with E-state index in [4.69, 9.17) is 0 Å². The molecular weight excluding hydrogens is 244 g/mol. The van der Waals surface area contributed by atoms with Crippen LogP contribution in [0.15, 0.2) is 24.5 Å². The molecule has 0 atom stereocenters. The number of pyridine rings is 1. The number of carbonyl (C=O) groups excluding carboxylic acids is 2. The van der Waals surface area contributed by atoms with E-state index in [-0.39, 0.29) is 11.9 Å². The summed E-state index contributed by atoms with van der Waals surface area (Å²) in [6, 6.07) is 3.82. The topological polar surface area (TPSA) is 59.5 Å². The highest BCUT2D eigenvalue weighted by Crippen LogP contribution is 2.03. The minimum atomic E-state index is -0.240. The summed E-state index contributed by atoms with van der Waals surface area (Å²) in [5, 5.41) is 0. The van der Waals surface area contributed by atoms with E-state index in [2.05, 4.69) is 9.72 Å². The van der Waals surface area contributed by atoms with E-state index in [1.807, 2.05) is 12.1 Å². The molecule has 1 aromatic rings. The standard InChI is InChI=1S/C14H20N2O3/c1-16(10-4-6-14(18)19-2)13(17)8-7-12-5-3-9-15-11-12/h3,5,9,11H,4,6-8,10H2,1-2H3. The fourth-order valence-corrected chi connectivity index (χ4v) is 1.68. The number of aromatic nitrogens is 1. The van der Waals surface area contributed by atoms with Crippen molar-refractivity contribution in [1.82, 2.24) is 9.88 Å². The van der Waals surface area contributed by atoms with Crippen LogP contribution < -0.4 is 0 Å². The Morgan fingerprint density at radius 3 is 2.79 bits per heavy atom. The Balaban J connectivity index is 2.23. The zero-order valence-corrected chi connectivity index (χ0v) is 11.5. The lowest BCUT2D eigenvalue weighted by molar-refractivity contribution is -0.141. The number of hydrogen-bond donors (Lipinski definition) is 0. The molecule has 1 rings (SSSR count). The van der Waals surface area contributed by atoms with Crippen LogP contribution in [0.25, 0.3) is 0 Å². The molecule has 0 fully saturated rings. The largest absolute Gasteiger partial charge is 0.469 e. The average molecular weight is 264 g/mol. The van der Waals surface area contributed by atoms with Crippen LogP contribution >= 0.6 is 0 Å². The number of carbonyl (C=O) groups is 2. The lowest BCUT2D eigenvalue weighted by Gasteiger charge is -2.16. The second-order valence-corrected chi connectivity index (χ2v) is 4.36. The van der Waals surface area contributed by atoms with Crippen molar-refractivity contribution in [2.75, 3.05) is 20.7 Å². The van der Waals surface area contributed by atoms with Crippen molar-refractivity contribution in [3.8, 4) is 0 Å². The third kappa shape index (κ3) is 5.99. The van der Waals surface area contributed by atoms with Gasteiger partial charge in [0.25, 0.3) is 0 Å². The normalized spacial score (nSPS) is 10.0. The van der Waals surface area contributed by atoms with Gasteiger partial charge in [0.15, 0.2) is 0 Å². The highest BCUT2D eigenvalue weighted by molar-refractivity contribution is 5.76. The first-order valence-electron chi connectivity index (χ1n) is 6.33. The molecule has 0 aromatic carbocycles. The average Bonchev–Trinajstić information content (AvgIpc) is 2.45. The van der Waals surface area contributed by atoms with Gasteiger partial charge in [-0.2, -0.15) is 0 Å². The van der Waals surface area contributed by atoms with E-state index in [9.17, 15) is 9.59 Å². The molecule has 104 valence electrons. The minimum Gasteiger partial charge on any atom is -0.469 e. The van der Waals surface area contributed by atoms with Gasteiger partial charge >= 0.3 is 5.97 Å². The fraction of sp³-hybridized carbons (Fsp3) is 0.500. The predicted molar refractivity (Wildman–Crippen MR) is 71.4 cm³/mol. The van der Waals surface area contributed by atoms with Gasteiger partial charge in [0.05, 0.1) is 7.11 Å². The Hall–Kier alpha value is -1.91. The summed E-state index contributed by atoms with van der Waals surface area (Å²) in [5.74, 6) is -0.162. The molecule has 19 heavy (non-hydrogen) atoms. The van der Waals surface area contributed by atoms with Crippen molar-refractivity contribution in [3.05, 3.63) is 30.1 Å². The molecule has 1 heterocycles. The van der Waals surface area contributed by atoms with Crippen LogP contribution in [-0.2, 0) is 20.7 Å². The molecule has 1 aromatic heterocycles. The Kier molecular flexibility index (Phi) is 6.57. The third-order valence-corrected chi connectivity index (χ3v) is 2.88. The molecule has 1 amide bonds. The summed E-state index contributed by atoms with van der Waals surface area (Å²) >= 11 is 0. The van der Waals surface area contributed by atoms with Crippen LogP contribution in [0.5, 0.6) is 0 Å². The maximum atomic E-state index is 11.9. The lowest BCUT2D eigenvalue weighted by atomic mass is 10.1. The molecule has 0 radical (unpaired) electrons. The number of rotatable bonds is 7. The lowest BCUT2D eigenvalue weighted by Crippen LogP contribution is -2.28. The molecule has 0 bridgehead atoms. The summed E-state index contributed by atoms with van der Waals surface area (Å²) < 4.78 is 4.55. The van der Waals surface area contributed by atoms with Gasteiger partial charge < -0.3 is 9.64 Å². The Morgan fingerprint density at radius 1 is 1.37 bits per heavy atom. The van der Waals surface area contributed by atoms with Gasteiger partial charge in [-0.1, -0.05) is 6.07 Å². The van der Waals surface area contributed by atoms with Crippen LogP contribution in [0.4, 0.5) is 0 Å². The number of hydrogen-bond acceptors (Lipinski definition) is 4. The van der Waals surface area contributed by atoms with Gasteiger partial charge in [-0.3, -0.25) is 14.6 Å². The van der Waals surface area contributed by atoms with Crippen molar-refractivity contribution < 1.29 is 14.3 Å². The zero-order chi connectivity index (χ0) is 14.1. The maximum Gasteiger partial charge on any atom is 0.305 e. The fourth-order valence-electron chi connectivity index (χ4n) is 1.68. The van der Waals surface area contributed by atoms with Crippen LogP contribution in [0, 0.1) is 0 Å². The Labute approximate surface area is 113 Å². The molecule has 0 aliphatic heterocycles. The van der Waals surface area contributed by atoms with Crippen LogP contribution in [-0.4, -0.2) is 42.5 Å². The van der Waals surface area contributed by atoms with Crippen molar-refractivity contribution in [2.45, 2.75) is 25.7 Å². The van der Waals surface area contributed by atoms with E-state index in [0.29, 0.717) is 32.2 Å². The second kappa shape index (κ2) is 8.24. The number of nitrogens with zero attached hydrogens (tertiary/aromatic N) is 2. The van der Waals surface area contributed by atoms with Crippen molar-refractivity contribution >= 4 is 11.9 Å². The molecule has 0 aliphatic rings. The smallest absolute Gasteiger partial charge is 0.305 e. The van der Waals surface area contributed by atoms with Crippen molar-refractivity contribution in [3.63, 3.8) is 0 Å². The molecule has 0 saturated carbocycles. The van der Waals surface area contributed by atoms with Gasteiger partial charge in [0.2, 0.25) is 5.91 Å². The first-order valence-corrected chi connectivity index (χ1v) is 6.33. The van der Waals surface area contributed by atoms with E-state index in [1.54, 1.807) is 24.3 Å². The van der Waals surface area contributed by atoms with Gasteiger partial charge in [0.1, 0.15) is 0 Å².